The van der Waals surface area contributed by atoms with Gasteiger partial charge in [0.15, 0.2) is 11.5 Å². The SMILES string of the molecule is COc1cc(C(=S)N2CCN(Cc3ccccc3)CC2)ccc1OCc1cccc2ccccc12. The quantitative estimate of drug-likeness (QED) is 0.305. The second-order valence-corrected chi connectivity index (χ2v) is 9.23. The van der Waals surface area contributed by atoms with E-state index in [-0.39, 0.29) is 0 Å². The number of rotatable bonds is 7. The van der Waals surface area contributed by atoms with E-state index in [1.54, 1.807) is 7.11 Å². The van der Waals surface area contributed by atoms with Crippen LogP contribution in [0.25, 0.3) is 10.8 Å². The predicted molar refractivity (Wildman–Crippen MR) is 146 cm³/mol. The zero-order valence-electron chi connectivity index (χ0n) is 20.0. The minimum absolute atomic E-state index is 0.477. The first-order valence-electron chi connectivity index (χ1n) is 12.0. The molecule has 0 spiro atoms. The molecule has 0 aromatic heterocycles. The summed E-state index contributed by atoms with van der Waals surface area (Å²) in [6.07, 6.45) is 0. The van der Waals surface area contributed by atoms with Gasteiger partial charge in [-0.25, -0.2) is 0 Å². The van der Waals surface area contributed by atoms with Crippen LogP contribution in [0.2, 0.25) is 0 Å². The minimum Gasteiger partial charge on any atom is -0.493 e. The molecule has 4 aromatic rings. The fraction of sp³-hybridized carbons (Fsp3) is 0.233. The maximum atomic E-state index is 6.18. The van der Waals surface area contributed by atoms with Gasteiger partial charge in [-0.3, -0.25) is 4.90 Å². The summed E-state index contributed by atoms with van der Waals surface area (Å²) < 4.78 is 11.9. The predicted octanol–water partition coefficient (Wildman–Crippen LogP) is 5.92. The van der Waals surface area contributed by atoms with E-state index < -0.39 is 0 Å². The Bertz CT molecular complexity index is 1300. The van der Waals surface area contributed by atoms with Crippen molar-refractivity contribution in [2.75, 3.05) is 33.3 Å². The van der Waals surface area contributed by atoms with E-state index in [0.717, 1.165) is 54.6 Å². The Labute approximate surface area is 212 Å². The number of fused-ring (bicyclic) bond motifs is 1. The first-order valence-corrected chi connectivity index (χ1v) is 12.4. The van der Waals surface area contributed by atoms with Crippen molar-refractivity contribution in [3.63, 3.8) is 0 Å². The number of thiocarbonyl (C=S) groups is 1. The molecule has 1 heterocycles. The van der Waals surface area contributed by atoms with Crippen LogP contribution in [0.1, 0.15) is 16.7 Å². The van der Waals surface area contributed by atoms with Crippen molar-refractivity contribution >= 4 is 28.0 Å². The Hall–Kier alpha value is -3.41. The van der Waals surface area contributed by atoms with Crippen LogP contribution in [-0.2, 0) is 13.2 Å². The Morgan fingerprint density at radius 1 is 0.800 bits per heavy atom. The Morgan fingerprint density at radius 2 is 1.54 bits per heavy atom. The van der Waals surface area contributed by atoms with Gasteiger partial charge in [-0.05, 0) is 40.1 Å². The van der Waals surface area contributed by atoms with Crippen LogP contribution in [0, 0.1) is 0 Å². The van der Waals surface area contributed by atoms with E-state index in [4.69, 9.17) is 21.7 Å². The molecule has 1 aliphatic rings. The van der Waals surface area contributed by atoms with Crippen molar-refractivity contribution < 1.29 is 9.47 Å². The lowest BCUT2D eigenvalue weighted by Gasteiger charge is -2.36. The zero-order valence-corrected chi connectivity index (χ0v) is 20.8. The summed E-state index contributed by atoms with van der Waals surface area (Å²) in [6, 6.07) is 31.3. The monoisotopic (exact) mass is 482 g/mol. The van der Waals surface area contributed by atoms with Crippen molar-refractivity contribution in [2.45, 2.75) is 13.2 Å². The third-order valence-electron chi connectivity index (χ3n) is 6.58. The molecule has 178 valence electrons. The van der Waals surface area contributed by atoms with Crippen LogP contribution in [0.4, 0.5) is 0 Å². The molecule has 0 bridgehead atoms. The van der Waals surface area contributed by atoms with Crippen LogP contribution in [0.15, 0.2) is 91.0 Å². The number of methoxy groups -OCH3 is 1. The van der Waals surface area contributed by atoms with Crippen LogP contribution in [-0.4, -0.2) is 48.1 Å². The van der Waals surface area contributed by atoms with Crippen molar-refractivity contribution in [1.82, 2.24) is 9.80 Å². The molecule has 0 unspecified atom stereocenters. The lowest BCUT2D eigenvalue weighted by Crippen LogP contribution is -2.48. The molecule has 0 amide bonds. The van der Waals surface area contributed by atoms with Crippen molar-refractivity contribution in [3.8, 4) is 11.5 Å². The summed E-state index contributed by atoms with van der Waals surface area (Å²) in [5.41, 5.74) is 3.50. The second-order valence-electron chi connectivity index (χ2n) is 8.85. The molecule has 4 nitrogen and oxygen atoms in total. The van der Waals surface area contributed by atoms with E-state index in [9.17, 15) is 0 Å². The van der Waals surface area contributed by atoms with E-state index in [0.29, 0.717) is 12.4 Å². The highest BCUT2D eigenvalue weighted by Crippen LogP contribution is 2.30. The van der Waals surface area contributed by atoms with Crippen LogP contribution in [0.5, 0.6) is 11.5 Å². The number of hydrogen-bond donors (Lipinski definition) is 0. The number of piperazine rings is 1. The van der Waals surface area contributed by atoms with Crippen LogP contribution in [0.3, 0.4) is 0 Å². The highest BCUT2D eigenvalue weighted by Gasteiger charge is 2.21. The van der Waals surface area contributed by atoms with Gasteiger partial charge >= 0.3 is 0 Å². The Kier molecular flexibility index (Phi) is 7.26. The molecule has 0 aliphatic carbocycles. The van der Waals surface area contributed by atoms with Crippen molar-refractivity contribution in [1.29, 1.82) is 0 Å². The Balaban J connectivity index is 1.22. The van der Waals surface area contributed by atoms with E-state index in [1.165, 1.54) is 16.3 Å². The van der Waals surface area contributed by atoms with Crippen LogP contribution >= 0.6 is 12.2 Å². The first-order chi connectivity index (χ1) is 17.2. The van der Waals surface area contributed by atoms with E-state index >= 15 is 0 Å². The van der Waals surface area contributed by atoms with Crippen molar-refractivity contribution in [3.05, 3.63) is 108 Å². The summed E-state index contributed by atoms with van der Waals surface area (Å²) in [5.74, 6) is 1.42. The molecule has 1 aliphatic heterocycles. The van der Waals surface area contributed by atoms with Crippen LogP contribution < -0.4 is 9.47 Å². The lowest BCUT2D eigenvalue weighted by atomic mass is 10.1. The number of nitrogens with zero attached hydrogens (tertiary/aromatic N) is 2. The van der Waals surface area contributed by atoms with Crippen molar-refractivity contribution in [2.24, 2.45) is 0 Å². The molecule has 5 rings (SSSR count). The van der Waals surface area contributed by atoms with Gasteiger partial charge in [0.1, 0.15) is 11.6 Å². The average molecular weight is 483 g/mol. The van der Waals surface area contributed by atoms with Gasteiger partial charge in [0.2, 0.25) is 0 Å². The Morgan fingerprint density at radius 3 is 2.34 bits per heavy atom. The van der Waals surface area contributed by atoms with E-state index in [2.05, 4.69) is 82.6 Å². The molecule has 0 saturated carbocycles. The molecular weight excluding hydrogens is 452 g/mol. The topological polar surface area (TPSA) is 24.9 Å². The average Bonchev–Trinajstić information content (AvgIpc) is 2.92. The fourth-order valence-electron chi connectivity index (χ4n) is 4.63. The number of hydrogen-bond acceptors (Lipinski definition) is 4. The molecule has 0 radical (unpaired) electrons. The standard InChI is InChI=1S/C30H30N2O2S/c1-33-29-20-25(30(35)32-18-16-31(17-19-32)21-23-8-3-2-4-9-23)14-15-28(29)34-22-26-12-7-11-24-10-5-6-13-27(24)26/h2-15,20H,16-19,21-22H2,1H3. The lowest BCUT2D eigenvalue weighted by molar-refractivity contribution is 0.177. The molecule has 4 aromatic carbocycles. The third-order valence-corrected chi connectivity index (χ3v) is 7.08. The highest BCUT2D eigenvalue weighted by atomic mass is 32.1. The number of benzene rings is 4. The summed E-state index contributed by atoms with van der Waals surface area (Å²) in [4.78, 5) is 5.64. The minimum atomic E-state index is 0.477. The largest absolute Gasteiger partial charge is 0.493 e. The maximum Gasteiger partial charge on any atom is 0.161 e. The molecule has 5 heteroatoms. The van der Waals surface area contributed by atoms with Gasteiger partial charge in [-0.2, -0.15) is 0 Å². The van der Waals surface area contributed by atoms with Gasteiger partial charge in [0, 0.05) is 38.3 Å². The molecule has 1 saturated heterocycles. The van der Waals surface area contributed by atoms with Gasteiger partial charge in [-0.15, -0.1) is 0 Å². The summed E-state index contributed by atoms with van der Waals surface area (Å²) in [6.45, 7) is 5.31. The van der Waals surface area contributed by atoms with Gasteiger partial charge in [-0.1, -0.05) is 85.0 Å². The summed E-state index contributed by atoms with van der Waals surface area (Å²) >= 11 is 5.86. The molecular formula is C30H30N2O2S. The maximum absolute atomic E-state index is 6.18. The smallest absolute Gasteiger partial charge is 0.161 e. The molecule has 0 N–H and O–H groups in total. The van der Waals surface area contributed by atoms with Gasteiger partial charge in [0.25, 0.3) is 0 Å². The normalized spacial score (nSPS) is 14.1. The fourth-order valence-corrected chi connectivity index (χ4v) is 4.94. The molecule has 1 fully saturated rings. The summed E-state index contributed by atoms with van der Waals surface area (Å²) in [7, 11) is 1.68. The second kappa shape index (κ2) is 10.9. The van der Waals surface area contributed by atoms with Gasteiger partial charge in [0.05, 0.1) is 7.11 Å². The summed E-state index contributed by atoms with van der Waals surface area (Å²) in [5, 5.41) is 2.42. The molecule has 0 atom stereocenters. The highest BCUT2D eigenvalue weighted by molar-refractivity contribution is 7.80. The number of ether oxygens (including phenoxy) is 2. The zero-order chi connectivity index (χ0) is 24.0. The third kappa shape index (κ3) is 5.47. The first kappa shape index (κ1) is 23.3. The molecule has 35 heavy (non-hydrogen) atoms. The van der Waals surface area contributed by atoms with E-state index in [1.807, 2.05) is 18.2 Å². The van der Waals surface area contributed by atoms with Gasteiger partial charge < -0.3 is 14.4 Å².